The van der Waals surface area contributed by atoms with E-state index in [4.69, 9.17) is 14.2 Å². The number of carbonyl (C=O) groups is 1. The van der Waals surface area contributed by atoms with Gasteiger partial charge in [0.15, 0.2) is 11.5 Å². The van der Waals surface area contributed by atoms with Crippen molar-refractivity contribution in [2.24, 2.45) is 5.92 Å². The molecule has 0 bridgehead atoms. The minimum atomic E-state index is -0.395. The average molecular weight is 360 g/mol. The SMILES string of the molecule is CCOc1cc2c(cc1OC)[C@@H]1C[C@]3(CNC(=O)O3)[C@@H](CC)CN1CC2. The second-order valence-corrected chi connectivity index (χ2v) is 7.51. The molecule has 142 valence electrons. The smallest absolute Gasteiger partial charge is 0.407 e. The Morgan fingerprint density at radius 3 is 2.85 bits per heavy atom. The van der Waals surface area contributed by atoms with E-state index in [1.807, 2.05) is 6.92 Å². The summed E-state index contributed by atoms with van der Waals surface area (Å²) < 4.78 is 17.2. The molecule has 4 rings (SSSR count). The fourth-order valence-corrected chi connectivity index (χ4v) is 4.91. The number of hydrogen-bond acceptors (Lipinski definition) is 5. The van der Waals surface area contributed by atoms with Crippen LogP contribution in [-0.4, -0.2) is 49.9 Å². The van der Waals surface area contributed by atoms with Gasteiger partial charge in [0.1, 0.15) is 5.60 Å². The molecule has 0 saturated carbocycles. The maximum atomic E-state index is 11.8. The Bertz CT molecular complexity index is 707. The lowest BCUT2D eigenvalue weighted by atomic mass is 9.72. The largest absolute Gasteiger partial charge is 0.493 e. The number of hydrogen-bond donors (Lipinski definition) is 1. The van der Waals surface area contributed by atoms with E-state index in [0.29, 0.717) is 19.1 Å². The molecule has 3 aliphatic rings. The fourth-order valence-electron chi connectivity index (χ4n) is 4.91. The number of piperidine rings is 1. The number of fused-ring (bicyclic) bond motifs is 3. The van der Waals surface area contributed by atoms with Crippen molar-refractivity contribution in [3.63, 3.8) is 0 Å². The van der Waals surface area contributed by atoms with Gasteiger partial charge in [-0.1, -0.05) is 6.92 Å². The standard InChI is InChI=1S/C20H28N2O4/c1-4-14-11-22-7-6-13-8-18(25-5-2)17(24-3)9-15(13)16(22)10-20(14)12-21-19(23)26-20/h8-9,14,16H,4-7,10-12H2,1-3H3,(H,21,23)/t14-,16-,20-/m0/s1. The molecule has 1 spiro atoms. The molecule has 1 aromatic carbocycles. The van der Waals surface area contributed by atoms with Gasteiger partial charge in [-0.2, -0.15) is 0 Å². The van der Waals surface area contributed by atoms with Crippen molar-refractivity contribution < 1.29 is 19.0 Å². The number of amides is 1. The molecule has 1 N–H and O–H groups in total. The van der Waals surface area contributed by atoms with Crippen LogP contribution in [0, 0.1) is 5.92 Å². The van der Waals surface area contributed by atoms with Crippen molar-refractivity contribution in [2.75, 3.05) is 33.4 Å². The first-order chi connectivity index (χ1) is 12.6. The molecule has 0 aromatic heterocycles. The number of ether oxygens (including phenoxy) is 3. The topological polar surface area (TPSA) is 60.0 Å². The van der Waals surface area contributed by atoms with Crippen LogP contribution in [0.5, 0.6) is 11.5 Å². The summed E-state index contributed by atoms with van der Waals surface area (Å²) >= 11 is 0. The van der Waals surface area contributed by atoms with Crippen molar-refractivity contribution >= 4 is 6.09 Å². The number of nitrogens with zero attached hydrogens (tertiary/aromatic N) is 1. The second-order valence-electron chi connectivity index (χ2n) is 7.51. The van der Waals surface area contributed by atoms with E-state index < -0.39 is 5.60 Å². The molecule has 3 heterocycles. The molecule has 6 heteroatoms. The summed E-state index contributed by atoms with van der Waals surface area (Å²) in [5.41, 5.74) is 2.21. The summed E-state index contributed by atoms with van der Waals surface area (Å²) in [7, 11) is 1.68. The van der Waals surface area contributed by atoms with Crippen LogP contribution in [0.1, 0.15) is 43.9 Å². The predicted octanol–water partition coefficient (Wildman–Crippen LogP) is 2.90. The van der Waals surface area contributed by atoms with Gasteiger partial charge in [-0.05, 0) is 43.0 Å². The van der Waals surface area contributed by atoms with Crippen molar-refractivity contribution in [2.45, 2.75) is 44.8 Å². The molecule has 2 fully saturated rings. The zero-order chi connectivity index (χ0) is 18.3. The van der Waals surface area contributed by atoms with Crippen LogP contribution in [0.2, 0.25) is 0 Å². The van der Waals surface area contributed by atoms with Crippen molar-refractivity contribution in [3.8, 4) is 11.5 Å². The highest BCUT2D eigenvalue weighted by molar-refractivity contribution is 5.70. The Balaban J connectivity index is 1.71. The van der Waals surface area contributed by atoms with Crippen molar-refractivity contribution in [1.29, 1.82) is 0 Å². The minimum Gasteiger partial charge on any atom is -0.493 e. The number of nitrogens with one attached hydrogen (secondary N) is 1. The molecular formula is C20H28N2O4. The predicted molar refractivity (Wildman–Crippen MR) is 97.8 cm³/mol. The average Bonchev–Trinajstić information content (AvgIpc) is 3.01. The molecule has 0 unspecified atom stereocenters. The lowest BCUT2D eigenvalue weighted by Crippen LogP contribution is -2.56. The summed E-state index contributed by atoms with van der Waals surface area (Å²) in [6.45, 7) is 7.40. The Morgan fingerprint density at radius 2 is 2.19 bits per heavy atom. The molecule has 1 amide bonds. The van der Waals surface area contributed by atoms with Gasteiger partial charge in [-0.25, -0.2) is 4.79 Å². The van der Waals surface area contributed by atoms with E-state index in [1.54, 1.807) is 7.11 Å². The molecule has 2 saturated heterocycles. The second kappa shape index (κ2) is 6.65. The fraction of sp³-hybridized carbons (Fsp3) is 0.650. The van der Waals surface area contributed by atoms with E-state index in [-0.39, 0.29) is 12.1 Å². The van der Waals surface area contributed by atoms with Gasteiger partial charge >= 0.3 is 6.09 Å². The van der Waals surface area contributed by atoms with E-state index >= 15 is 0 Å². The van der Waals surface area contributed by atoms with Crippen LogP contribution in [-0.2, 0) is 11.2 Å². The van der Waals surface area contributed by atoms with Crippen LogP contribution in [0.25, 0.3) is 0 Å². The van der Waals surface area contributed by atoms with Crippen LogP contribution in [0.4, 0.5) is 4.79 Å². The zero-order valence-electron chi connectivity index (χ0n) is 15.8. The molecular weight excluding hydrogens is 332 g/mol. The highest BCUT2D eigenvalue weighted by atomic mass is 16.6. The monoisotopic (exact) mass is 360 g/mol. The third kappa shape index (κ3) is 2.71. The molecule has 1 aromatic rings. The maximum Gasteiger partial charge on any atom is 0.407 e. The highest BCUT2D eigenvalue weighted by Gasteiger charge is 2.53. The van der Waals surface area contributed by atoms with Crippen LogP contribution < -0.4 is 14.8 Å². The summed E-state index contributed by atoms with van der Waals surface area (Å²) in [4.78, 5) is 14.4. The van der Waals surface area contributed by atoms with Gasteiger partial charge < -0.3 is 19.5 Å². The van der Waals surface area contributed by atoms with E-state index in [2.05, 4.69) is 29.3 Å². The van der Waals surface area contributed by atoms with E-state index in [9.17, 15) is 4.79 Å². The third-order valence-corrected chi connectivity index (χ3v) is 6.25. The minimum absolute atomic E-state index is 0.249. The Labute approximate surface area is 154 Å². The summed E-state index contributed by atoms with van der Waals surface area (Å²) in [5.74, 6) is 1.96. The van der Waals surface area contributed by atoms with Crippen molar-refractivity contribution in [1.82, 2.24) is 10.2 Å². The number of methoxy groups -OCH3 is 1. The van der Waals surface area contributed by atoms with E-state index in [0.717, 1.165) is 43.9 Å². The quantitative estimate of drug-likeness (QED) is 0.895. The van der Waals surface area contributed by atoms with Crippen molar-refractivity contribution in [3.05, 3.63) is 23.3 Å². The molecule has 0 aliphatic carbocycles. The normalized spacial score (nSPS) is 30.3. The first-order valence-electron chi connectivity index (χ1n) is 9.64. The van der Waals surface area contributed by atoms with Gasteiger partial charge in [0.05, 0.1) is 20.3 Å². The van der Waals surface area contributed by atoms with Gasteiger partial charge in [0.2, 0.25) is 0 Å². The van der Waals surface area contributed by atoms with Crippen LogP contribution in [0.3, 0.4) is 0 Å². The number of rotatable bonds is 4. The first kappa shape index (κ1) is 17.5. The lowest BCUT2D eigenvalue weighted by molar-refractivity contribution is -0.0766. The van der Waals surface area contributed by atoms with Gasteiger partial charge in [0.25, 0.3) is 0 Å². The van der Waals surface area contributed by atoms with Crippen LogP contribution >= 0.6 is 0 Å². The zero-order valence-corrected chi connectivity index (χ0v) is 15.8. The first-order valence-corrected chi connectivity index (χ1v) is 9.64. The summed E-state index contributed by atoms with van der Waals surface area (Å²) in [6, 6.07) is 4.51. The highest BCUT2D eigenvalue weighted by Crippen LogP contribution is 2.48. The maximum absolute atomic E-state index is 11.8. The van der Waals surface area contributed by atoms with Gasteiger partial charge in [-0.15, -0.1) is 0 Å². The lowest BCUT2D eigenvalue weighted by Gasteiger charge is -2.50. The Hall–Kier alpha value is -1.95. The third-order valence-electron chi connectivity index (χ3n) is 6.25. The molecule has 3 aliphatic heterocycles. The number of benzene rings is 1. The summed E-state index contributed by atoms with van der Waals surface area (Å²) in [6.07, 6.45) is 2.57. The number of alkyl carbamates (subject to hydrolysis) is 1. The van der Waals surface area contributed by atoms with Crippen LogP contribution in [0.15, 0.2) is 12.1 Å². The van der Waals surface area contributed by atoms with Gasteiger partial charge in [0, 0.05) is 31.5 Å². The Morgan fingerprint density at radius 1 is 1.35 bits per heavy atom. The summed E-state index contributed by atoms with van der Waals surface area (Å²) in [5, 5.41) is 2.89. The van der Waals surface area contributed by atoms with E-state index in [1.165, 1.54) is 11.1 Å². The number of carbonyl (C=O) groups excluding carboxylic acids is 1. The molecule has 26 heavy (non-hydrogen) atoms. The molecule has 0 radical (unpaired) electrons. The van der Waals surface area contributed by atoms with Gasteiger partial charge in [-0.3, -0.25) is 4.90 Å². The Kier molecular flexibility index (Phi) is 4.47. The molecule has 3 atom stereocenters. The molecule has 6 nitrogen and oxygen atoms in total.